The second kappa shape index (κ2) is 5.92. The smallest absolute Gasteiger partial charge is 0.338 e. The highest BCUT2D eigenvalue weighted by atomic mass is 35.5. The Labute approximate surface area is 120 Å². The number of rotatable bonds is 4. The van der Waals surface area contributed by atoms with Crippen LogP contribution in [-0.2, 0) is 11.3 Å². The van der Waals surface area contributed by atoms with Crippen molar-refractivity contribution >= 4 is 23.3 Å². The van der Waals surface area contributed by atoms with E-state index in [4.69, 9.17) is 26.6 Å². The van der Waals surface area contributed by atoms with E-state index in [1.54, 1.807) is 0 Å². The van der Waals surface area contributed by atoms with Crippen LogP contribution in [0.15, 0.2) is 22.7 Å². The van der Waals surface area contributed by atoms with E-state index in [0.717, 1.165) is 0 Å². The van der Waals surface area contributed by atoms with Gasteiger partial charge in [0.1, 0.15) is 0 Å². The van der Waals surface area contributed by atoms with Crippen molar-refractivity contribution in [3.05, 3.63) is 40.5 Å². The summed E-state index contributed by atoms with van der Waals surface area (Å²) in [6.45, 7) is 3.80. The van der Waals surface area contributed by atoms with Crippen molar-refractivity contribution in [2.75, 3.05) is 5.73 Å². The molecule has 0 fully saturated rings. The number of nitrogens with two attached hydrogens (primary N) is 1. The molecule has 0 saturated carbocycles. The van der Waals surface area contributed by atoms with Gasteiger partial charge in [-0.15, -0.1) is 0 Å². The average Bonchev–Trinajstić information content (AvgIpc) is 2.88. The van der Waals surface area contributed by atoms with Crippen molar-refractivity contribution in [2.45, 2.75) is 26.4 Å². The van der Waals surface area contributed by atoms with Gasteiger partial charge >= 0.3 is 5.97 Å². The third-order valence-electron chi connectivity index (χ3n) is 2.56. The van der Waals surface area contributed by atoms with Crippen LogP contribution in [-0.4, -0.2) is 16.1 Å². The van der Waals surface area contributed by atoms with Gasteiger partial charge in [-0.3, -0.25) is 0 Å². The van der Waals surface area contributed by atoms with Crippen LogP contribution < -0.4 is 5.73 Å². The zero-order valence-corrected chi connectivity index (χ0v) is 11.8. The molecular formula is C13H14ClN3O3. The number of nitrogen functional groups attached to an aromatic ring is 1. The number of hydrogen-bond donors (Lipinski definition) is 1. The molecular weight excluding hydrogens is 282 g/mol. The number of carbonyl (C=O) groups excluding carboxylic acids is 1. The zero-order valence-electron chi connectivity index (χ0n) is 11.1. The Bertz CT molecular complexity index is 625. The number of esters is 1. The van der Waals surface area contributed by atoms with E-state index in [9.17, 15) is 4.79 Å². The first-order valence-electron chi connectivity index (χ1n) is 6.02. The lowest BCUT2D eigenvalue weighted by Gasteiger charge is -2.03. The second-order valence-electron chi connectivity index (χ2n) is 4.51. The zero-order chi connectivity index (χ0) is 14.7. The van der Waals surface area contributed by atoms with Gasteiger partial charge in [0, 0.05) is 5.92 Å². The van der Waals surface area contributed by atoms with Crippen LogP contribution in [0.2, 0.25) is 5.02 Å². The normalized spacial score (nSPS) is 10.8. The predicted octanol–water partition coefficient (Wildman–Crippen LogP) is 2.79. The number of halogens is 1. The summed E-state index contributed by atoms with van der Waals surface area (Å²) in [5.41, 5.74) is 6.26. The molecule has 1 aromatic carbocycles. The summed E-state index contributed by atoms with van der Waals surface area (Å²) in [4.78, 5) is 15.9. The summed E-state index contributed by atoms with van der Waals surface area (Å²) in [5, 5.41) is 4.17. The second-order valence-corrected chi connectivity index (χ2v) is 4.92. The third-order valence-corrected chi connectivity index (χ3v) is 2.90. The molecule has 2 N–H and O–H groups in total. The maximum absolute atomic E-state index is 11.8. The van der Waals surface area contributed by atoms with Gasteiger partial charge in [0.05, 0.1) is 16.3 Å². The molecule has 0 aliphatic carbocycles. The van der Waals surface area contributed by atoms with Crippen LogP contribution in [0.25, 0.3) is 0 Å². The fourth-order valence-electron chi connectivity index (χ4n) is 1.44. The quantitative estimate of drug-likeness (QED) is 0.689. The molecule has 0 atom stereocenters. The van der Waals surface area contributed by atoms with Crippen LogP contribution >= 0.6 is 11.6 Å². The lowest BCUT2D eigenvalue weighted by Crippen LogP contribution is -2.06. The lowest BCUT2D eigenvalue weighted by atomic mass is 10.2. The lowest BCUT2D eigenvalue weighted by molar-refractivity contribution is 0.0430. The number of hydrogen-bond acceptors (Lipinski definition) is 6. The highest BCUT2D eigenvalue weighted by molar-refractivity contribution is 6.33. The number of ether oxygens (including phenoxy) is 1. The van der Waals surface area contributed by atoms with Crippen molar-refractivity contribution < 1.29 is 14.1 Å². The predicted molar refractivity (Wildman–Crippen MR) is 73.4 cm³/mol. The molecule has 20 heavy (non-hydrogen) atoms. The number of carbonyl (C=O) groups is 1. The molecule has 0 unspecified atom stereocenters. The van der Waals surface area contributed by atoms with E-state index in [2.05, 4.69) is 10.1 Å². The average molecular weight is 296 g/mol. The maximum atomic E-state index is 11.8. The van der Waals surface area contributed by atoms with Crippen LogP contribution in [0.5, 0.6) is 0 Å². The van der Waals surface area contributed by atoms with E-state index >= 15 is 0 Å². The molecule has 0 radical (unpaired) electrons. The third kappa shape index (κ3) is 3.27. The van der Waals surface area contributed by atoms with Gasteiger partial charge in [0.15, 0.2) is 12.4 Å². The van der Waals surface area contributed by atoms with Gasteiger partial charge in [-0.25, -0.2) is 4.79 Å². The number of nitrogens with zero attached hydrogens (tertiary/aromatic N) is 2. The molecule has 0 amide bonds. The van der Waals surface area contributed by atoms with E-state index in [1.165, 1.54) is 18.2 Å². The summed E-state index contributed by atoms with van der Waals surface area (Å²) in [6, 6.07) is 4.53. The summed E-state index contributed by atoms with van der Waals surface area (Å²) in [5.74, 6) is 0.452. The van der Waals surface area contributed by atoms with Gasteiger partial charge < -0.3 is 15.0 Å². The van der Waals surface area contributed by atoms with Crippen molar-refractivity contribution in [1.29, 1.82) is 0 Å². The molecule has 2 rings (SSSR count). The van der Waals surface area contributed by atoms with Crippen LogP contribution in [0.1, 0.15) is 41.8 Å². The molecule has 1 aromatic heterocycles. The molecule has 106 valence electrons. The first-order chi connectivity index (χ1) is 9.47. The highest BCUT2D eigenvalue weighted by Gasteiger charge is 2.13. The Morgan fingerprint density at radius 1 is 1.50 bits per heavy atom. The highest BCUT2D eigenvalue weighted by Crippen LogP contribution is 2.20. The summed E-state index contributed by atoms with van der Waals surface area (Å²) >= 11 is 5.78. The number of benzene rings is 1. The van der Waals surface area contributed by atoms with Crippen molar-refractivity contribution in [2.24, 2.45) is 0 Å². The van der Waals surface area contributed by atoms with Crippen LogP contribution in [0.4, 0.5) is 5.69 Å². The molecule has 0 bridgehead atoms. The first kappa shape index (κ1) is 14.3. The molecule has 2 aromatic rings. The molecule has 7 heteroatoms. The Morgan fingerprint density at radius 3 is 2.85 bits per heavy atom. The van der Waals surface area contributed by atoms with Gasteiger partial charge in [0.2, 0.25) is 0 Å². The number of aromatic nitrogens is 2. The largest absolute Gasteiger partial charge is 0.452 e. The molecule has 6 nitrogen and oxygen atoms in total. The first-order valence-corrected chi connectivity index (χ1v) is 6.40. The van der Waals surface area contributed by atoms with Crippen molar-refractivity contribution in [3.8, 4) is 0 Å². The summed E-state index contributed by atoms with van der Waals surface area (Å²) < 4.78 is 10.0. The van der Waals surface area contributed by atoms with E-state index in [1.807, 2.05) is 13.8 Å². The van der Waals surface area contributed by atoms with Crippen molar-refractivity contribution in [3.63, 3.8) is 0 Å². The molecule has 0 aliphatic heterocycles. The Kier molecular flexibility index (Phi) is 4.24. The molecule has 0 saturated heterocycles. The monoisotopic (exact) mass is 295 g/mol. The van der Waals surface area contributed by atoms with Crippen molar-refractivity contribution in [1.82, 2.24) is 10.1 Å². The number of anilines is 1. The molecule has 0 spiro atoms. The standard InChI is InChI=1S/C13H14ClN3O3/c1-7(2)12-16-11(20-17-12)6-19-13(18)8-3-4-9(14)10(15)5-8/h3-5,7H,6,15H2,1-2H3. The topological polar surface area (TPSA) is 91.2 Å². The fraction of sp³-hybridized carbons (Fsp3) is 0.308. The fourth-order valence-corrected chi connectivity index (χ4v) is 1.56. The van der Waals surface area contributed by atoms with Gasteiger partial charge in [0.25, 0.3) is 5.89 Å². The van der Waals surface area contributed by atoms with E-state index < -0.39 is 5.97 Å². The van der Waals surface area contributed by atoms with Gasteiger partial charge in [-0.1, -0.05) is 30.6 Å². The minimum Gasteiger partial charge on any atom is -0.452 e. The van der Waals surface area contributed by atoms with Gasteiger partial charge in [-0.2, -0.15) is 4.98 Å². The van der Waals surface area contributed by atoms with E-state index in [0.29, 0.717) is 22.1 Å². The minimum atomic E-state index is -0.530. The Morgan fingerprint density at radius 2 is 2.25 bits per heavy atom. The molecule has 0 aliphatic rings. The summed E-state index contributed by atoms with van der Waals surface area (Å²) in [6.07, 6.45) is 0. The molecule has 1 heterocycles. The van der Waals surface area contributed by atoms with Crippen LogP contribution in [0, 0.1) is 0 Å². The SMILES string of the molecule is CC(C)c1noc(COC(=O)c2ccc(Cl)c(N)c2)n1. The van der Waals surface area contributed by atoms with E-state index in [-0.39, 0.29) is 18.4 Å². The maximum Gasteiger partial charge on any atom is 0.338 e. The Hall–Kier alpha value is -2.08. The minimum absolute atomic E-state index is 0.0823. The summed E-state index contributed by atoms with van der Waals surface area (Å²) in [7, 11) is 0. The van der Waals surface area contributed by atoms with Crippen LogP contribution in [0.3, 0.4) is 0 Å². The Balaban J connectivity index is 1.99. The van der Waals surface area contributed by atoms with Gasteiger partial charge in [-0.05, 0) is 18.2 Å².